The molecule has 1 aliphatic heterocycles. The third-order valence-electron chi connectivity index (χ3n) is 4.73. The summed E-state index contributed by atoms with van der Waals surface area (Å²) in [5, 5.41) is 8.91. The molecule has 2 fully saturated rings. The fraction of sp³-hybridized carbons (Fsp3) is 1.00. The van der Waals surface area contributed by atoms with Crippen molar-refractivity contribution < 1.29 is 5.11 Å². The number of hydrogen-bond acceptors (Lipinski definition) is 2. The Hall–Kier alpha value is -0.0800. The molecule has 0 radical (unpaired) electrons. The Morgan fingerprint density at radius 3 is 2.53 bits per heavy atom. The molecule has 17 heavy (non-hydrogen) atoms. The summed E-state index contributed by atoms with van der Waals surface area (Å²) >= 11 is 0. The van der Waals surface area contributed by atoms with Gasteiger partial charge in [0.15, 0.2) is 0 Å². The van der Waals surface area contributed by atoms with Crippen molar-refractivity contribution in [1.82, 2.24) is 4.90 Å². The van der Waals surface area contributed by atoms with Crippen LogP contribution >= 0.6 is 0 Å². The molecule has 0 bridgehead atoms. The lowest BCUT2D eigenvalue weighted by atomic mass is 10.0. The van der Waals surface area contributed by atoms with Crippen LogP contribution in [0, 0.1) is 5.92 Å². The molecule has 1 N–H and O–H groups in total. The maximum atomic E-state index is 8.91. The number of rotatable bonds is 7. The average Bonchev–Trinajstić information content (AvgIpc) is 2.98. The summed E-state index contributed by atoms with van der Waals surface area (Å²) in [4.78, 5) is 2.69. The molecule has 2 aliphatic rings. The van der Waals surface area contributed by atoms with Crippen molar-refractivity contribution in [2.24, 2.45) is 5.92 Å². The first-order valence-corrected chi connectivity index (χ1v) is 7.75. The van der Waals surface area contributed by atoms with Gasteiger partial charge in [-0.05, 0) is 57.5 Å². The second-order valence-electron chi connectivity index (χ2n) is 5.99. The van der Waals surface area contributed by atoms with Crippen molar-refractivity contribution in [2.45, 2.75) is 70.3 Å². The van der Waals surface area contributed by atoms with Crippen LogP contribution in [0.3, 0.4) is 0 Å². The second kappa shape index (κ2) is 7.38. The lowest BCUT2D eigenvalue weighted by Gasteiger charge is -2.24. The van der Waals surface area contributed by atoms with Gasteiger partial charge in [0.2, 0.25) is 0 Å². The van der Waals surface area contributed by atoms with Crippen molar-refractivity contribution in [3.63, 3.8) is 0 Å². The van der Waals surface area contributed by atoms with E-state index in [-0.39, 0.29) is 0 Å². The van der Waals surface area contributed by atoms with Gasteiger partial charge in [-0.2, -0.15) is 0 Å². The number of aliphatic hydroxyl groups is 1. The van der Waals surface area contributed by atoms with E-state index in [0.717, 1.165) is 18.4 Å². The van der Waals surface area contributed by atoms with E-state index in [1.807, 2.05) is 0 Å². The van der Waals surface area contributed by atoms with E-state index >= 15 is 0 Å². The Morgan fingerprint density at radius 1 is 0.941 bits per heavy atom. The van der Waals surface area contributed by atoms with Gasteiger partial charge in [0.25, 0.3) is 0 Å². The van der Waals surface area contributed by atoms with Crippen LogP contribution in [0.2, 0.25) is 0 Å². The van der Waals surface area contributed by atoms with Crippen molar-refractivity contribution >= 4 is 0 Å². The molecule has 0 aromatic heterocycles. The SMILES string of the molecule is OCCCC1CCCN1CCCC1CCCC1. The van der Waals surface area contributed by atoms with Crippen LogP contribution in [-0.4, -0.2) is 35.7 Å². The summed E-state index contributed by atoms with van der Waals surface area (Å²) in [5.74, 6) is 1.05. The number of likely N-dealkylation sites (tertiary alicyclic amines) is 1. The van der Waals surface area contributed by atoms with Crippen LogP contribution in [0.25, 0.3) is 0 Å². The molecule has 100 valence electrons. The van der Waals surface area contributed by atoms with Gasteiger partial charge in [0, 0.05) is 12.6 Å². The molecule has 0 amide bonds. The molecule has 1 unspecified atom stereocenters. The van der Waals surface area contributed by atoms with Gasteiger partial charge >= 0.3 is 0 Å². The van der Waals surface area contributed by atoms with E-state index in [0.29, 0.717) is 6.61 Å². The standard InChI is InChI=1S/C15H29NO/c17-13-5-10-15-9-4-12-16(15)11-3-8-14-6-1-2-7-14/h14-15,17H,1-13H2. The van der Waals surface area contributed by atoms with Crippen molar-refractivity contribution in [2.75, 3.05) is 19.7 Å². The monoisotopic (exact) mass is 239 g/mol. The molecule has 1 aliphatic carbocycles. The predicted molar refractivity (Wildman–Crippen MR) is 72.1 cm³/mol. The quantitative estimate of drug-likeness (QED) is 0.737. The van der Waals surface area contributed by atoms with E-state index in [4.69, 9.17) is 5.11 Å². The first-order valence-electron chi connectivity index (χ1n) is 7.75. The first-order chi connectivity index (χ1) is 8.40. The Morgan fingerprint density at radius 2 is 1.76 bits per heavy atom. The fourth-order valence-electron chi connectivity index (χ4n) is 3.73. The van der Waals surface area contributed by atoms with Crippen molar-refractivity contribution in [3.05, 3.63) is 0 Å². The molecule has 0 aromatic carbocycles. The zero-order chi connectivity index (χ0) is 11.9. The van der Waals surface area contributed by atoms with Crippen molar-refractivity contribution in [1.29, 1.82) is 0 Å². The normalized spacial score (nSPS) is 27.0. The highest BCUT2D eigenvalue weighted by atomic mass is 16.2. The van der Waals surface area contributed by atoms with E-state index in [9.17, 15) is 0 Å². The second-order valence-corrected chi connectivity index (χ2v) is 5.99. The summed E-state index contributed by atoms with van der Waals surface area (Å²) in [6, 6.07) is 0.783. The van der Waals surface area contributed by atoms with Gasteiger partial charge in [-0.1, -0.05) is 25.7 Å². The fourth-order valence-corrected chi connectivity index (χ4v) is 3.73. The zero-order valence-electron chi connectivity index (χ0n) is 11.2. The molecular weight excluding hydrogens is 210 g/mol. The van der Waals surface area contributed by atoms with Crippen LogP contribution in [0.15, 0.2) is 0 Å². The molecule has 2 nitrogen and oxygen atoms in total. The zero-order valence-corrected chi connectivity index (χ0v) is 11.2. The minimum Gasteiger partial charge on any atom is -0.396 e. The van der Waals surface area contributed by atoms with Crippen LogP contribution in [0.1, 0.15) is 64.2 Å². The Labute approximate surface area is 106 Å². The van der Waals surface area contributed by atoms with Gasteiger partial charge in [-0.3, -0.25) is 0 Å². The third kappa shape index (κ3) is 4.26. The molecule has 1 saturated heterocycles. The highest BCUT2D eigenvalue weighted by molar-refractivity contribution is 4.79. The molecular formula is C15H29NO. The van der Waals surface area contributed by atoms with Gasteiger partial charge in [0.05, 0.1) is 0 Å². The smallest absolute Gasteiger partial charge is 0.0431 e. The lowest BCUT2D eigenvalue weighted by molar-refractivity contribution is 0.210. The highest BCUT2D eigenvalue weighted by Crippen LogP contribution is 2.29. The summed E-state index contributed by atoms with van der Waals surface area (Å²) in [7, 11) is 0. The summed E-state index contributed by atoms with van der Waals surface area (Å²) < 4.78 is 0. The van der Waals surface area contributed by atoms with E-state index < -0.39 is 0 Å². The Balaban J connectivity index is 1.59. The van der Waals surface area contributed by atoms with E-state index in [1.54, 1.807) is 0 Å². The van der Waals surface area contributed by atoms with E-state index in [2.05, 4.69) is 4.90 Å². The van der Waals surface area contributed by atoms with Gasteiger partial charge in [0.1, 0.15) is 0 Å². The maximum Gasteiger partial charge on any atom is 0.0431 e. The number of aliphatic hydroxyl groups excluding tert-OH is 1. The topological polar surface area (TPSA) is 23.5 Å². The summed E-state index contributed by atoms with van der Waals surface area (Å²) in [5.41, 5.74) is 0. The minimum absolute atomic E-state index is 0.367. The van der Waals surface area contributed by atoms with Crippen LogP contribution in [0.5, 0.6) is 0 Å². The largest absolute Gasteiger partial charge is 0.396 e. The van der Waals surface area contributed by atoms with Gasteiger partial charge in [-0.15, -0.1) is 0 Å². The number of nitrogens with zero attached hydrogens (tertiary/aromatic N) is 1. The van der Waals surface area contributed by atoms with Crippen LogP contribution in [0.4, 0.5) is 0 Å². The predicted octanol–water partition coefficient (Wildman–Crippen LogP) is 3.19. The third-order valence-corrected chi connectivity index (χ3v) is 4.73. The van der Waals surface area contributed by atoms with Crippen LogP contribution in [-0.2, 0) is 0 Å². The average molecular weight is 239 g/mol. The molecule has 2 rings (SSSR count). The first kappa shape index (κ1) is 13.4. The van der Waals surface area contributed by atoms with Crippen molar-refractivity contribution in [3.8, 4) is 0 Å². The molecule has 0 spiro atoms. The maximum absolute atomic E-state index is 8.91. The summed E-state index contributed by atoms with van der Waals surface area (Å²) in [6.07, 6.45) is 13.7. The minimum atomic E-state index is 0.367. The Kier molecular flexibility index (Phi) is 5.79. The molecule has 2 heteroatoms. The summed E-state index contributed by atoms with van der Waals surface area (Å²) in [6.45, 7) is 2.99. The molecule has 0 aromatic rings. The molecule has 1 saturated carbocycles. The van der Waals surface area contributed by atoms with Gasteiger partial charge < -0.3 is 10.0 Å². The van der Waals surface area contributed by atoms with Gasteiger partial charge in [-0.25, -0.2) is 0 Å². The Bertz CT molecular complexity index is 201. The van der Waals surface area contributed by atoms with E-state index in [1.165, 1.54) is 70.9 Å². The molecule has 1 atom stereocenters. The highest BCUT2D eigenvalue weighted by Gasteiger charge is 2.23. The lowest BCUT2D eigenvalue weighted by Crippen LogP contribution is -2.30. The number of hydrogen-bond donors (Lipinski definition) is 1. The molecule has 1 heterocycles. The van der Waals surface area contributed by atoms with Crippen LogP contribution < -0.4 is 0 Å².